The van der Waals surface area contributed by atoms with Crippen LogP contribution in [-0.4, -0.2) is 6.54 Å². The summed E-state index contributed by atoms with van der Waals surface area (Å²) < 4.78 is 0. The first-order chi connectivity index (χ1) is 9.74. The van der Waals surface area contributed by atoms with E-state index in [1.807, 2.05) is 18.2 Å². The van der Waals surface area contributed by atoms with Gasteiger partial charge in [-0.1, -0.05) is 81.5 Å². The molecule has 0 radical (unpaired) electrons. The van der Waals surface area contributed by atoms with Crippen LogP contribution in [0.4, 0.5) is 5.69 Å². The number of hydrogen-bond donors (Lipinski definition) is 1. The summed E-state index contributed by atoms with van der Waals surface area (Å²) in [6.45, 7) is 3.27. The largest absolute Gasteiger partial charge is 0.385 e. The van der Waals surface area contributed by atoms with E-state index >= 15 is 0 Å². The summed E-state index contributed by atoms with van der Waals surface area (Å²) in [7, 11) is 0. The average Bonchev–Trinajstić information content (AvgIpc) is 2.45. The molecule has 0 aromatic heterocycles. The van der Waals surface area contributed by atoms with Crippen molar-refractivity contribution in [3.8, 4) is 0 Å². The van der Waals surface area contributed by atoms with Gasteiger partial charge in [-0.25, -0.2) is 0 Å². The normalized spacial score (nSPS) is 10.8. The van der Waals surface area contributed by atoms with Gasteiger partial charge in [-0.3, -0.25) is 0 Å². The second kappa shape index (κ2) is 11.3. The number of nitrogens with one attached hydrogen (secondary N) is 1. The van der Waals surface area contributed by atoms with E-state index in [-0.39, 0.29) is 0 Å². The third kappa shape index (κ3) is 8.01. The fourth-order valence-corrected chi connectivity index (χ4v) is 2.57. The van der Waals surface area contributed by atoms with E-state index in [0.717, 1.165) is 12.2 Å². The van der Waals surface area contributed by atoms with Crippen molar-refractivity contribution in [1.82, 2.24) is 0 Å². The number of anilines is 1. The van der Waals surface area contributed by atoms with Crippen molar-refractivity contribution in [2.45, 2.75) is 64.7 Å². The highest BCUT2D eigenvalue weighted by Crippen LogP contribution is 2.24. The Bertz CT molecular complexity index is 366. The maximum Gasteiger partial charge on any atom is 0.0612 e. The van der Waals surface area contributed by atoms with E-state index in [1.165, 1.54) is 57.8 Å². The maximum atomic E-state index is 5.98. The second-order valence-corrected chi connectivity index (χ2v) is 6.20. The molecule has 1 N–H and O–H groups in total. The molecule has 0 aliphatic heterocycles. The van der Waals surface area contributed by atoms with Gasteiger partial charge in [0.25, 0.3) is 0 Å². The molecule has 0 heterocycles. The number of halogens is 2. The molecular weight excluding hydrogens is 289 g/mol. The lowest BCUT2D eigenvalue weighted by Gasteiger charge is -2.07. The predicted molar refractivity (Wildman–Crippen MR) is 92.2 cm³/mol. The molecule has 0 saturated carbocycles. The fraction of sp³-hybridized carbons (Fsp3) is 0.647. The number of benzene rings is 1. The Morgan fingerprint density at radius 1 is 0.800 bits per heavy atom. The Kier molecular flexibility index (Phi) is 9.96. The van der Waals surface area contributed by atoms with Gasteiger partial charge in [-0.2, -0.15) is 0 Å². The van der Waals surface area contributed by atoms with Crippen LogP contribution in [0.25, 0.3) is 0 Å². The van der Waals surface area contributed by atoms with Crippen molar-refractivity contribution in [2.75, 3.05) is 11.9 Å². The van der Waals surface area contributed by atoms with Crippen LogP contribution in [0.2, 0.25) is 10.0 Å². The summed E-state index contributed by atoms with van der Waals surface area (Å²) in [5.74, 6) is 0. The van der Waals surface area contributed by atoms with Crippen LogP contribution in [0, 0.1) is 0 Å². The van der Waals surface area contributed by atoms with Gasteiger partial charge in [-0.15, -0.1) is 0 Å². The van der Waals surface area contributed by atoms with Crippen LogP contribution in [0.5, 0.6) is 0 Å². The molecule has 114 valence electrons. The van der Waals surface area contributed by atoms with E-state index in [4.69, 9.17) is 23.2 Å². The van der Waals surface area contributed by atoms with Crippen molar-refractivity contribution in [3.05, 3.63) is 28.2 Å². The zero-order chi connectivity index (χ0) is 14.6. The van der Waals surface area contributed by atoms with Crippen LogP contribution in [0.1, 0.15) is 64.7 Å². The summed E-state index contributed by atoms with van der Waals surface area (Å²) in [5.41, 5.74) is 1.05. The molecule has 0 unspecified atom stereocenters. The number of unbranched alkanes of at least 4 members (excludes halogenated alkanes) is 8. The zero-order valence-corrected chi connectivity index (χ0v) is 14.1. The predicted octanol–water partition coefficient (Wildman–Crippen LogP) is 6.94. The van der Waals surface area contributed by atoms with Crippen LogP contribution in [-0.2, 0) is 0 Å². The van der Waals surface area contributed by atoms with Crippen molar-refractivity contribution in [3.63, 3.8) is 0 Å². The smallest absolute Gasteiger partial charge is 0.0612 e. The second-order valence-electron chi connectivity index (χ2n) is 5.38. The molecule has 0 saturated heterocycles. The van der Waals surface area contributed by atoms with E-state index in [0.29, 0.717) is 10.0 Å². The first-order valence-electron chi connectivity index (χ1n) is 7.93. The molecule has 3 heteroatoms. The van der Waals surface area contributed by atoms with Gasteiger partial charge in [0.2, 0.25) is 0 Å². The zero-order valence-electron chi connectivity index (χ0n) is 12.6. The number of rotatable bonds is 11. The van der Waals surface area contributed by atoms with Gasteiger partial charge in [0, 0.05) is 12.2 Å². The topological polar surface area (TPSA) is 12.0 Å². The van der Waals surface area contributed by atoms with Gasteiger partial charge >= 0.3 is 0 Å². The van der Waals surface area contributed by atoms with E-state index in [2.05, 4.69) is 12.2 Å². The lowest BCUT2D eigenvalue weighted by atomic mass is 10.1. The highest BCUT2D eigenvalue weighted by atomic mass is 35.5. The molecule has 1 nitrogen and oxygen atoms in total. The van der Waals surface area contributed by atoms with Crippen LogP contribution >= 0.6 is 23.2 Å². The molecule has 20 heavy (non-hydrogen) atoms. The molecule has 1 aromatic carbocycles. The van der Waals surface area contributed by atoms with Crippen molar-refractivity contribution in [2.24, 2.45) is 0 Å². The molecule has 0 amide bonds. The maximum absolute atomic E-state index is 5.98. The summed E-state index contributed by atoms with van der Waals surface area (Å²) in [6.07, 6.45) is 12.2. The van der Waals surface area contributed by atoms with Gasteiger partial charge in [-0.05, 0) is 24.6 Å². The Hall–Kier alpha value is -0.400. The first-order valence-corrected chi connectivity index (χ1v) is 8.68. The molecule has 0 aliphatic rings. The standard InChI is InChI=1S/C17H27Cl2N/c1-2-3-4-5-6-7-8-9-10-13-20-15-11-12-16(18)17(19)14-15/h11-12,14,20H,2-10,13H2,1H3. The third-order valence-corrected chi connectivity index (χ3v) is 4.27. The lowest BCUT2D eigenvalue weighted by Crippen LogP contribution is -2.01. The van der Waals surface area contributed by atoms with E-state index in [1.54, 1.807) is 0 Å². The molecule has 1 aromatic rings. The van der Waals surface area contributed by atoms with Gasteiger partial charge in [0.15, 0.2) is 0 Å². The van der Waals surface area contributed by atoms with Gasteiger partial charge in [0.1, 0.15) is 0 Å². The molecule has 0 spiro atoms. The highest BCUT2D eigenvalue weighted by molar-refractivity contribution is 6.42. The molecule has 0 atom stereocenters. The third-order valence-electron chi connectivity index (χ3n) is 3.53. The van der Waals surface area contributed by atoms with Gasteiger partial charge in [0.05, 0.1) is 10.0 Å². The Morgan fingerprint density at radius 2 is 1.40 bits per heavy atom. The minimum absolute atomic E-state index is 0.611. The molecular formula is C17H27Cl2N. The molecule has 1 rings (SSSR count). The minimum atomic E-state index is 0.611. The van der Waals surface area contributed by atoms with E-state index in [9.17, 15) is 0 Å². The first kappa shape index (κ1) is 17.7. The van der Waals surface area contributed by atoms with Crippen molar-refractivity contribution in [1.29, 1.82) is 0 Å². The summed E-state index contributed by atoms with van der Waals surface area (Å²) >= 11 is 11.9. The summed E-state index contributed by atoms with van der Waals surface area (Å²) in [5, 5.41) is 4.61. The SMILES string of the molecule is CCCCCCCCCCCNc1ccc(Cl)c(Cl)c1. The Balaban J connectivity index is 1.95. The quantitative estimate of drug-likeness (QED) is 0.436. The Morgan fingerprint density at radius 3 is 2.00 bits per heavy atom. The lowest BCUT2D eigenvalue weighted by molar-refractivity contribution is 0.569. The fourth-order valence-electron chi connectivity index (χ4n) is 2.27. The molecule has 0 aliphatic carbocycles. The Labute approximate surface area is 134 Å². The number of hydrogen-bond acceptors (Lipinski definition) is 1. The van der Waals surface area contributed by atoms with E-state index < -0.39 is 0 Å². The van der Waals surface area contributed by atoms with Crippen LogP contribution in [0.15, 0.2) is 18.2 Å². The average molecular weight is 316 g/mol. The molecule has 0 bridgehead atoms. The van der Waals surface area contributed by atoms with Crippen molar-refractivity contribution < 1.29 is 0 Å². The van der Waals surface area contributed by atoms with Gasteiger partial charge < -0.3 is 5.32 Å². The molecule has 0 fully saturated rings. The van der Waals surface area contributed by atoms with Crippen molar-refractivity contribution >= 4 is 28.9 Å². The highest BCUT2D eigenvalue weighted by Gasteiger charge is 1.98. The summed E-state index contributed by atoms with van der Waals surface area (Å²) in [4.78, 5) is 0. The van der Waals surface area contributed by atoms with Crippen LogP contribution in [0.3, 0.4) is 0 Å². The minimum Gasteiger partial charge on any atom is -0.385 e. The van der Waals surface area contributed by atoms with Crippen LogP contribution < -0.4 is 5.32 Å². The monoisotopic (exact) mass is 315 g/mol. The summed E-state index contributed by atoms with van der Waals surface area (Å²) in [6, 6.07) is 5.70.